The monoisotopic (exact) mass is 159 g/mol. The van der Waals surface area contributed by atoms with Crippen LogP contribution in [0, 0.1) is 11.8 Å². The Balaban J connectivity index is 2.05. The van der Waals surface area contributed by atoms with Crippen LogP contribution in [-0.4, -0.2) is 35.8 Å². The topological polar surface area (TPSA) is 32.3 Å². The molecule has 2 aliphatic heterocycles. The van der Waals surface area contributed by atoms with Crippen LogP contribution in [-0.2, 0) is 0 Å². The number of hydrogen-bond acceptors (Lipinski definition) is 3. The number of piperidine rings is 1. The van der Waals surface area contributed by atoms with Gasteiger partial charge in [-0.25, -0.2) is 0 Å². The van der Waals surface area contributed by atoms with Crippen molar-refractivity contribution >= 4 is 11.8 Å². The van der Waals surface area contributed by atoms with Gasteiger partial charge in [0.15, 0.2) is 0 Å². The molecule has 2 heterocycles. The van der Waals surface area contributed by atoms with Crippen molar-refractivity contribution in [2.45, 2.75) is 6.10 Å². The van der Waals surface area contributed by atoms with E-state index < -0.39 is 0 Å². The van der Waals surface area contributed by atoms with E-state index in [2.05, 4.69) is 5.32 Å². The molecule has 0 aromatic carbocycles. The van der Waals surface area contributed by atoms with E-state index in [9.17, 15) is 5.11 Å². The van der Waals surface area contributed by atoms with Crippen LogP contribution in [0.4, 0.5) is 0 Å². The number of aliphatic hydroxyl groups excluding tert-OH is 1. The van der Waals surface area contributed by atoms with Crippen molar-refractivity contribution in [3.63, 3.8) is 0 Å². The first-order valence-corrected chi connectivity index (χ1v) is 5.00. The Kier molecular flexibility index (Phi) is 1.89. The number of fused-ring (bicyclic) bond motifs is 2. The number of thioether (sulfide) groups is 1. The maximum absolute atomic E-state index is 9.64. The first-order chi connectivity index (χ1) is 4.88. The second-order valence-electron chi connectivity index (χ2n) is 3.21. The van der Waals surface area contributed by atoms with Crippen LogP contribution < -0.4 is 5.32 Å². The molecular weight excluding hydrogens is 146 g/mol. The molecule has 2 unspecified atom stereocenters. The maximum atomic E-state index is 9.64. The zero-order valence-electron chi connectivity index (χ0n) is 5.92. The largest absolute Gasteiger partial charge is 0.392 e. The molecule has 2 atom stereocenters. The Morgan fingerprint density at radius 3 is 2.30 bits per heavy atom. The Hall–Kier alpha value is 0.270. The average Bonchev–Trinajstić information content (AvgIpc) is 1.86. The minimum atomic E-state index is -0.0116. The lowest BCUT2D eigenvalue weighted by molar-refractivity contribution is 0.0429. The fourth-order valence-corrected chi connectivity index (χ4v) is 3.14. The van der Waals surface area contributed by atoms with E-state index in [1.807, 2.05) is 11.8 Å². The van der Waals surface area contributed by atoms with Crippen LogP contribution in [0.25, 0.3) is 0 Å². The Labute approximate surface area is 65.4 Å². The second kappa shape index (κ2) is 2.72. The Morgan fingerprint density at radius 1 is 1.20 bits per heavy atom. The SMILES string of the molecule is OC1C2CNCC1CSC2. The predicted octanol–water partition coefficient (Wildman–Crippen LogP) is -0.0703. The Bertz CT molecular complexity index is 109. The van der Waals surface area contributed by atoms with Crippen LogP contribution in [0.2, 0.25) is 0 Å². The molecule has 10 heavy (non-hydrogen) atoms. The summed E-state index contributed by atoms with van der Waals surface area (Å²) in [7, 11) is 0. The molecule has 2 bridgehead atoms. The molecule has 0 aromatic rings. The summed E-state index contributed by atoms with van der Waals surface area (Å²) < 4.78 is 0. The van der Waals surface area contributed by atoms with Gasteiger partial charge in [0.1, 0.15) is 0 Å². The van der Waals surface area contributed by atoms with Gasteiger partial charge in [0.25, 0.3) is 0 Å². The van der Waals surface area contributed by atoms with Crippen molar-refractivity contribution in [3.05, 3.63) is 0 Å². The van der Waals surface area contributed by atoms with Gasteiger partial charge < -0.3 is 10.4 Å². The van der Waals surface area contributed by atoms with Gasteiger partial charge in [-0.15, -0.1) is 0 Å². The molecule has 2 rings (SSSR count). The summed E-state index contributed by atoms with van der Waals surface area (Å²) in [5.74, 6) is 3.34. The summed E-state index contributed by atoms with van der Waals surface area (Å²) in [6.07, 6.45) is -0.0116. The minimum absolute atomic E-state index is 0.0116. The molecule has 58 valence electrons. The highest BCUT2D eigenvalue weighted by Crippen LogP contribution is 2.29. The molecule has 3 heteroatoms. The normalized spacial score (nSPS) is 47.1. The third-order valence-electron chi connectivity index (χ3n) is 2.44. The molecule has 0 aromatic heterocycles. The summed E-state index contributed by atoms with van der Waals surface area (Å²) >= 11 is 1.99. The molecule has 0 saturated carbocycles. The fourth-order valence-electron chi connectivity index (χ4n) is 1.77. The van der Waals surface area contributed by atoms with Crippen LogP contribution in [0.15, 0.2) is 0 Å². The van der Waals surface area contributed by atoms with E-state index in [1.165, 1.54) is 0 Å². The van der Waals surface area contributed by atoms with Crippen LogP contribution in [0.3, 0.4) is 0 Å². The van der Waals surface area contributed by atoms with Crippen LogP contribution >= 0.6 is 11.8 Å². The van der Waals surface area contributed by atoms with Gasteiger partial charge in [0.05, 0.1) is 6.10 Å². The number of hydrogen-bond donors (Lipinski definition) is 2. The highest BCUT2D eigenvalue weighted by atomic mass is 32.2. The standard InChI is InChI=1S/C7H13NOS/c9-7-5-1-8-2-6(7)4-10-3-5/h5-9H,1-4H2. The fraction of sp³-hybridized carbons (Fsp3) is 1.00. The van der Waals surface area contributed by atoms with E-state index in [-0.39, 0.29) is 6.10 Å². The van der Waals surface area contributed by atoms with Gasteiger partial charge in [0.2, 0.25) is 0 Å². The van der Waals surface area contributed by atoms with Crippen molar-refractivity contribution in [3.8, 4) is 0 Å². The molecule has 2 nitrogen and oxygen atoms in total. The van der Waals surface area contributed by atoms with E-state index in [0.29, 0.717) is 11.8 Å². The van der Waals surface area contributed by atoms with Crippen molar-refractivity contribution in [2.24, 2.45) is 11.8 Å². The van der Waals surface area contributed by atoms with Gasteiger partial charge in [-0.05, 0) is 11.5 Å². The van der Waals surface area contributed by atoms with Crippen molar-refractivity contribution in [1.82, 2.24) is 5.32 Å². The van der Waals surface area contributed by atoms with Crippen LogP contribution in [0.1, 0.15) is 0 Å². The average molecular weight is 159 g/mol. The number of rotatable bonds is 0. The van der Waals surface area contributed by atoms with Gasteiger partial charge in [-0.3, -0.25) is 0 Å². The van der Waals surface area contributed by atoms with Gasteiger partial charge in [0, 0.05) is 24.9 Å². The lowest BCUT2D eigenvalue weighted by Crippen LogP contribution is -2.51. The van der Waals surface area contributed by atoms with E-state index in [4.69, 9.17) is 0 Å². The molecule has 0 amide bonds. The van der Waals surface area contributed by atoms with Gasteiger partial charge in [-0.2, -0.15) is 11.8 Å². The van der Waals surface area contributed by atoms with Crippen LogP contribution in [0.5, 0.6) is 0 Å². The summed E-state index contributed by atoms with van der Waals surface area (Å²) in [6, 6.07) is 0. The number of nitrogens with one attached hydrogen (secondary N) is 1. The molecule has 2 saturated heterocycles. The minimum Gasteiger partial charge on any atom is -0.392 e. The predicted molar refractivity (Wildman–Crippen MR) is 43.2 cm³/mol. The third-order valence-corrected chi connectivity index (χ3v) is 3.77. The molecule has 0 spiro atoms. The lowest BCUT2D eigenvalue weighted by Gasteiger charge is -2.39. The highest BCUT2D eigenvalue weighted by molar-refractivity contribution is 7.99. The van der Waals surface area contributed by atoms with Crippen molar-refractivity contribution < 1.29 is 5.11 Å². The maximum Gasteiger partial charge on any atom is 0.0636 e. The first-order valence-electron chi connectivity index (χ1n) is 3.84. The van der Waals surface area contributed by atoms with Crippen molar-refractivity contribution in [1.29, 1.82) is 0 Å². The van der Waals surface area contributed by atoms with Gasteiger partial charge >= 0.3 is 0 Å². The van der Waals surface area contributed by atoms with Gasteiger partial charge in [-0.1, -0.05) is 0 Å². The lowest BCUT2D eigenvalue weighted by atomic mass is 9.89. The molecule has 0 radical (unpaired) electrons. The Morgan fingerprint density at radius 2 is 1.80 bits per heavy atom. The summed E-state index contributed by atoms with van der Waals surface area (Å²) in [4.78, 5) is 0. The summed E-state index contributed by atoms with van der Waals surface area (Å²) in [5, 5.41) is 13.0. The van der Waals surface area contributed by atoms with E-state index >= 15 is 0 Å². The molecule has 2 aliphatic rings. The zero-order chi connectivity index (χ0) is 6.97. The smallest absolute Gasteiger partial charge is 0.0636 e. The second-order valence-corrected chi connectivity index (χ2v) is 4.28. The molecule has 2 N–H and O–H groups in total. The zero-order valence-corrected chi connectivity index (χ0v) is 6.73. The van der Waals surface area contributed by atoms with E-state index in [1.54, 1.807) is 0 Å². The quantitative estimate of drug-likeness (QED) is 0.519. The third kappa shape index (κ3) is 1.06. The molecular formula is C7H13NOS. The summed E-state index contributed by atoms with van der Waals surface area (Å²) in [5.41, 5.74) is 0. The number of aliphatic hydroxyl groups is 1. The van der Waals surface area contributed by atoms with Crippen molar-refractivity contribution in [2.75, 3.05) is 24.6 Å². The molecule has 2 fully saturated rings. The van der Waals surface area contributed by atoms with E-state index in [0.717, 1.165) is 24.6 Å². The molecule has 0 aliphatic carbocycles. The summed E-state index contributed by atoms with van der Waals surface area (Å²) in [6.45, 7) is 2.04. The first kappa shape index (κ1) is 6.95. The highest BCUT2D eigenvalue weighted by Gasteiger charge is 2.34.